The van der Waals surface area contributed by atoms with Crippen molar-refractivity contribution in [3.05, 3.63) is 52.6 Å². The van der Waals surface area contributed by atoms with Gasteiger partial charge in [-0.1, -0.05) is 0 Å². The number of ether oxygens (including phenoxy) is 3. The number of amides is 1. The standard InChI is InChI=1S/C23H24F6N2O4/c1-30-12-16(10-17-18(30)5-6-19(33-2)20(17)34-3)31(21(32)35-4)11-13-7-14(22(24,25)26)9-15(8-13)23(27,28)29/h5-9,16H,10-12H2,1-4H3/t16-/m0/s1. The highest BCUT2D eigenvalue weighted by atomic mass is 19.4. The van der Waals surface area contributed by atoms with Crippen molar-refractivity contribution in [2.24, 2.45) is 0 Å². The molecule has 35 heavy (non-hydrogen) atoms. The third-order valence-electron chi connectivity index (χ3n) is 5.81. The Hall–Kier alpha value is -3.31. The summed E-state index contributed by atoms with van der Waals surface area (Å²) in [5.74, 6) is 0.863. The average Bonchev–Trinajstić information content (AvgIpc) is 2.79. The van der Waals surface area contributed by atoms with Gasteiger partial charge in [-0.05, 0) is 35.9 Å². The van der Waals surface area contributed by atoms with Gasteiger partial charge in [-0.3, -0.25) is 4.90 Å². The van der Waals surface area contributed by atoms with Gasteiger partial charge in [-0.15, -0.1) is 0 Å². The molecule has 0 unspecified atom stereocenters. The zero-order chi connectivity index (χ0) is 26.1. The third-order valence-corrected chi connectivity index (χ3v) is 5.81. The molecule has 0 radical (unpaired) electrons. The highest BCUT2D eigenvalue weighted by molar-refractivity contribution is 5.70. The molecule has 1 heterocycles. The van der Waals surface area contributed by atoms with Crippen molar-refractivity contribution in [3.8, 4) is 11.5 Å². The molecule has 0 spiro atoms. The second-order valence-corrected chi connectivity index (χ2v) is 8.05. The first-order valence-electron chi connectivity index (χ1n) is 10.4. The van der Waals surface area contributed by atoms with Gasteiger partial charge >= 0.3 is 18.4 Å². The molecule has 1 atom stereocenters. The van der Waals surface area contributed by atoms with E-state index in [1.165, 1.54) is 14.2 Å². The maximum Gasteiger partial charge on any atom is 0.416 e. The van der Waals surface area contributed by atoms with Crippen molar-refractivity contribution in [1.29, 1.82) is 0 Å². The Bertz CT molecular complexity index is 1050. The number of nitrogens with zero attached hydrogens (tertiary/aromatic N) is 2. The van der Waals surface area contributed by atoms with Crippen LogP contribution in [0.3, 0.4) is 0 Å². The highest BCUT2D eigenvalue weighted by Crippen LogP contribution is 2.42. The molecule has 0 fully saturated rings. The van der Waals surface area contributed by atoms with Crippen LogP contribution in [0.2, 0.25) is 0 Å². The number of halogens is 6. The van der Waals surface area contributed by atoms with Crippen LogP contribution in [-0.2, 0) is 30.1 Å². The molecule has 0 saturated heterocycles. The van der Waals surface area contributed by atoms with E-state index in [0.717, 1.165) is 17.7 Å². The second-order valence-electron chi connectivity index (χ2n) is 8.05. The van der Waals surface area contributed by atoms with Crippen LogP contribution in [0.5, 0.6) is 11.5 Å². The fraction of sp³-hybridized carbons (Fsp3) is 0.435. The smallest absolute Gasteiger partial charge is 0.416 e. The quantitative estimate of drug-likeness (QED) is 0.511. The van der Waals surface area contributed by atoms with E-state index < -0.39 is 42.2 Å². The fourth-order valence-corrected chi connectivity index (χ4v) is 4.23. The molecule has 1 amide bonds. The number of alkyl halides is 6. The summed E-state index contributed by atoms with van der Waals surface area (Å²) < 4.78 is 95.6. The van der Waals surface area contributed by atoms with Crippen LogP contribution < -0.4 is 14.4 Å². The molecule has 192 valence electrons. The number of rotatable bonds is 5. The molecule has 3 rings (SSSR count). The normalized spacial score (nSPS) is 15.9. The first kappa shape index (κ1) is 26.3. The number of anilines is 1. The Kier molecular flexibility index (Phi) is 7.32. The fourth-order valence-electron chi connectivity index (χ4n) is 4.23. The maximum absolute atomic E-state index is 13.3. The lowest BCUT2D eigenvalue weighted by atomic mass is 9.95. The van der Waals surface area contributed by atoms with Crippen molar-refractivity contribution in [2.75, 3.05) is 39.8 Å². The first-order valence-corrected chi connectivity index (χ1v) is 10.4. The number of likely N-dealkylation sites (N-methyl/N-ethyl adjacent to an activating group) is 1. The van der Waals surface area contributed by atoms with Crippen LogP contribution in [0.25, 0.3) is 0 Å². The molecule has 0 bridgehead atoms. The molecular formula is C23H24F6N2O4. The Morgan fingerprint density at radius 1 is 1.00 bits per heavy atom. The van der Waals surface area contributed by atoms with Gasteiger partial charge in [0, 0.05) is 37.8 Å². The SMILES string of the molecule is COC(=O)N(Cc1cc(C(F)(F)F)cc(C(F)(F)F)c1)[C@H]1Cc2c(ccc(OC)c2OC)N(C)C1. The summed E-state index contributed by atoms with van der Waals surface area (Å²) >= 11 is 0. The summed E-state index contributed by atoms with van der Waals surface area (Å²) in [6.07, 6.45) is -10.7. The summed E-state index contributed by atoms with van der Waals surface area (Å²) in [5.41, 5.74) is -1.76. The van der Waals surface area contributed by atoms with Crippen LogP contribution >= 0.6 is 0 Å². The van der Waals surface area contributed by atoms with Crippen molar-refractivity contribution in [3.63, 3.8) is 0 Å². The molecule has 12 heteroatoms. The zero-order valence-electron chi connectivity index (χ0n) is 19.4. The Morgan fingerprint density at radius 3 is 2.09 bits per heavy atom. The maximum atomic E-state index is 13.3. The third kappa shape index (κ3) is 5.51. The van der Waals surface area contributed by atoms with E-state index in [1.54, 1.807) is 19.2 Å². The van der Waals surface area contributed by atoms with E-state index in [4.69, 9.17) is 14.2 Å². The molecule has 2 aromatic rings. The lowest BCUT2D eigenvalue weighted by molar-refractivity contribution is -0.143. The van der Waals surface area contributed by atoms with Crippen LogP contribution in [0, 0.1) is 0 Å². The van der Waals surface area contributed by atoms with E-state index in [1.807, 2.05) is 4.90 Å². The van der Waals surface area contributed by atoms with Gasteiger partial charge in [0.1, 0.15) is 0 Å². The second kappa shape index (κ2) is 9.74. The van der Waals surface area contributed by atoms with Crippen LogP contribution in [-0.4, -0.2) is 52.0 Å². The summed E-state index contributed by atoms with van der Waals surface area (Å²) in [5, 5.41) is 0. The van der Waals surface area contributed by atoms with Crippen molar-refractivity contribution < 1.29 is 45.3 Å². The Morgan fingerprint density at radius 2 is 1.60 bits per heavy atom. The number of hydrogen-bond donors (Lipinski definition) is 0. The van der Waals surface area contributed by atoms with Gasteiger partial charge in [0.15, 0.2) is 11.5 Å². The average molecular weight is 506 g/mol. The minimum atomic E-state index is -5.00. The number of carbonyl (C=O) groups excluding carboxylic acids is 1. The number of hydrogen-bond acceptors (Lipinski definition) is 5. The van der Waals surface area contributed by atoms with Crippen LogP contribution in [0.4, 0.5) is 36.8 Å². The predicted octanol–water partition coefficient (Wildman–Crippen LogP) is 5.37. The van der Waals surface area contributed by atoms with E-state index in [0.29, 0.717) is 29.2 Å². The number of fused-ring (bicyclic) bond motifs is 1. The molecule has 2 aromatic carbocycles. The highest BCUT2D eigenvalue weighted by Gasteiger charge is 2.38. The van der Waals surface area contributed by atoms with Gasteiger partial charge in [-0.25, -0.2) is 4.79 Å². The van der Waals surface area contributed by atoms with E-state index >= 15 is 0 Å². The van der Waals surface area contributed by atoms with Crippen molar-refractivity contribution in [2.45, 2.75) is 31.4 Å². The van der Waals surface area contributed by atoms with Crippen molar-refractivity contribution >= 4 is 11.8 Å². The predicted molar refractivity (Wildman–Crippen MR) is 115 cm³/mol. The number of benzene rings is 2. The lowest BCUT2D eigenvalue weighted by Gasteiger charge is -2.39. The van der Waals surface area contributed by atoms with Gasteiger partial charge in [0.25, 0.3) is 0 Å². The minimum Gasteiger partial charge on any atom is -0.493 e. The van der Waals surface area contributed by atoms with E-state index in [2.05, 4.69) is 0 Å². The largest absolute Gasteiger partial charge is 0.493 e. The topological polar surface area (TPSA) is 51.2 Å². The molecule has 6 nitrogen and oxygen atoms in total. The molecule has 1 aliphatic heterocycles. The monoisotopic (exact) mass is 506 g/mol. The zero-order valence-corrected chi connectivity index (χ0v) is 19.4. The molecular weight excluding hydrogens is 482 g/mol. The summed E-state index contributed by atoms with van der Waals surface area (Å²) in [6.45, 7) is -0.275. The number of carbonyl (C=O) groups is 1. The van der Waals surface area contributed by atoms with Gasteiger partial charge in [0.2, 0.25) is 0 Å². The summed E-state index contributed by atoms with van der Waals surface area (Å²) in [6, 6.07) is 4.13. The molecule has 1 aliphatic rings. The van der Waals surface area contributed by atoms with Crippen LogP contribution in [0.15, 0.2) is 30.3 Å². The summed E-state index contributed by atoms with van der Waals surface area (Å²) in [7, 11) is 5.74. The first-order chi connectivity index (χ1) is 16.3. The minimum absolute atomic E-state index is 0.0494. The van der Waals surface area contributed by atoms with Crippen LogP contribution in [0.1, 0.15) is 22.3 Å². The van der Waals surface area contributed by atoms with E-state index in [-0.39, 0.29) is 24.6 Å². The summed E-state index contributed by atoms with van der Waals surface area (Å²) in [4.78, 5) is 15.6. The Balaban J connectivity index is 2.04. The van der Waals surface area contributed by atoms with Gasteiger partial charge in [-0.2, -0.15) is 26.3 Å². The molecule has 0 aromatic heterocycles. The molecule has 0 saturated carbocycles. The number of methoxy groups -OCH3 is 3. The van der Waals surface area contributed by atoms with Gasteiger partial charge in [0.05, 0.1) is 38.5 Å². The van der Waals surface area contributed by atoms with Gasteiger partial charge < -0.3 is 19.1 Å². The van der Waals surface area contributed by atoms with Crippen molar-refractivity contribution in [1.82, 2.24) is 4.90 Å². The molecule has 0 N–H and O–H groups in total. The van der Waals surface area contributed by atoms with E-state index in [9.17, 15) is 31.1 Å². The Labute approximate surface area is 198 Å². The molecule has 0 aliphatic carbocycles. The lowest BCUT2D eigenvalue weighted by Crippen LogP contribution is -2.49.